The minimum absolute atomic E-state index is 0.0161. The van der Waals surface area contributed by atoms with E-state index in [1.54, 1.807) is 55.6 Å². The number of anilines is 2. The number of para-hydroxylation sites is 1. The first-order valence-electron chi connectivity index (χ1n) is 8.65. The van der Waals surface area contributed by atoms with E-state index >= 15 is 0 Å². The Hall–Kier alpha value is -2.86. The summed E-state index contributed by atoms with van der Waals surface area (Å²) in [5.74, 6) is -0.492. The molecular formula is C20H20ClN3O3. The van der Waals surface area contributed by atoms with Crippen molar-refractivity contribution >= 4 is 40.7 Å². The van der Waals surface area contributed by atoms with Crippen molar-refractivity contribution in [3.63, 3.8) is 0 Å². The molecule has 3 amide bonds. The molecule has 0 spiro atoms. The van der Waals surface area contributed by atoms with Gasteiger partial charge in [-0.3, -0.25) is 14.4 Å². The molecule has 2 aromatic rings. The van der Waals surface area contributed by atoms with E-state index in [2.05, 4.69) is 10.6 Å². The van der Waals surface area contributed by atoms with Gasteiger partial charge in [-0.15, -0.1) is 0 Å². The van der Waals surface area contributed by atoms with Gasteiger partial charge in [-0.2, -0.15) is 0 Å². The number of carbonyl (C=O) groups is 3. The molecular weight excluding hydrogens is 366 g/mol. The number of amides is 3. The molecule has 0 heterocycles. The lowest BCUT2D eigenvalue weighted by Crippen LogP contribution is -2.35. The van der Waals surface area contributed by atoms with E-state index in [0.717, 1.165) is 12.8 Å². The maximum Gasteiger partial charge on any atom is 0.254 e. The number of halogens is 1. The van der Waals surface area contributed by atoms with Crippen LogP contribution in [0.1, 0.15) is 23.2 Å². The summed E-state index contributed by atoms with van der Waals surface area (Å²) < 4.78 is 0. The highest BCUT2D eigenvalue weighted by molar-refractivity contribution is 6.33. The van der Waals surface area contributed by atoms with Gasteiger partial charge in [0.05, 0.1) is 17.3 Å². The topological polar surface area (TPSA) is 78.5 Å². The van der Waals surface area contributed by atoms with Crippen molar-refractivity contribution in [2.45, 2.75) is 12.8 Å². The highest BCUT2D eigenvalue weighted by Gasteiger charge is 2.29. The third-order valence-electron chi connectivity index (χ3n) is 4.22. The molecule has 140 valence electrons. The average molecular weight is 386 g/mol. The molecule has 1 aliphatic carbocycles. The predicted octanol–water partition coefficient (Wildman–Crippen LogP) is 3.40. The number of benzene rings is 2. The van der Waals surface area contributed by atoms with Crippen molar-refractivity contribution in [1.29, 1.82) is 0 Å². The van der Waals surface area contributed by atoms with Gasteiger partial charge in [-0.1, -0.05) is 23.7 Å². The summed E-state index contributed by atoms with van der Waals surface area (Å²) in [6.45, 7) is -0.107. The predicted molar refractivity (Wildman–Crippen MR) is 105 cm³/mol. The molecule has 7 heteroatoms. The molecule has 6 nitrogen and oxygen atoms in total. The second kappa shape index (κ2) is 8.22. The monoisotopic (exact) mass is 385 g/mol. The SMILES string of the molecule is CN(CC(=O)Nc1ccccc1Cl)C(=O)c1ccc(NC(=O)C2CC2)cc1. The van der Waals surface area contributed by atoms with Crippen LogP contribution in [0.4, 0.5) is 11.4 Å². The molecule has 0 aliphatic heterocycles. The average Bonchev–Trinajstić information content (AvgIpc) is 3.49. The number of hydrogen-bond acceptors (Lipinski definition) is 3. The van der Waals surface area contributed by atoms with Gasteiger partial charge in [0.15, 0.2) is 0 Å². The second-order valence-corrected chi connectivity index (χ2v) is 6.94. The molecule has 2 aromatic carbocycles. The summed E-state index contributed by atoms with van der Waals surface area (Å²) in [6.07, 6.45) is 1.87. The van der Waals surface area contributed by atoms with Crippen molar-refractivity contribution in [2.75, 3.05) is 24.2 Å². The Balaban J connectivity index is 1.55. The molecule has 0 atom stereocenters. The van der Waals surface area contributed by atoms with Gasteiger partial charge >= 0.3 is 0 Å². The van der Waals surface area contributed by atoms with Gasteiger partial charge in [0.1, 0.15) is 0 Å². The third-order valence-corrected chi connectivity index (χ3v) is 4.55. The number of likely N-dealkylation sites (N-methyl/N-ethyl adjacent to an activating group) is 1. The maximum atomic E-state index is 12.5. The van der Waals surface area contributed by atoms with E-state index in [-0.39, 0.29) is 30.2 Å². The lowest BCUT2D eigenvalue weighted by atomic mass is 10.1. The Labute approximate surface area is 162 Å². The van der Waals surface area contributed by atoms with E-state index in [1.807, 2.05) is 0 Å². The summed E-state index contributed by atoms with van der Waals surface area (Å²) in [6, 6.07) is 13.5. The Morgan fingerprint density at radius 2 is 1.70 bits per heavy atom. The zero-order valence-corrected chi connectivity index (χ0v) is 15.6. The lowest BCUT2D eigenvalue weighted by molar-refractivity contribution is -0.117. The number of hydrogen-bond donors (Lipinski definition) is 2. The van der Waals surface area contributed by atoms with Crippen molar-refractivity contribution in [3.05, 3.63) is 59.1 Å². The van der Waals surface area contributed by atoms with Crippen LogP contribution in [0.3, 0.4) is 0 Å². The molecule has 0 radical (unpaired) electrons. The molecule has 2 N–H and O–H groups in total. The van der Waals surface area contributed by atoms with Crippen LogP contribution in [0.25, 0.3) is 0 Å². The number of nitrogens with zero attached hydrogens (tertiary/aromatic N) is 1. The van der Waals surface area contributed by atoms with E-state index in [1.165, 1.54) is 4.90 Å². The van der Waals surface area contributed by atoms with Crippen LogP contribution in [0, 0.1) is 5.92 Å². The van der Waals surface area contributed by atoms with Crippen LogP contribution in [0.15, 0.2) is 48.5 Å². The quantitative estimate of drug-likeness (QED) is 0.799. The Morgan fingerprint density at radius 3 is 2.33 bits per heavy atom. The van der Waals surface area contributed by atoms with Crippen molar-refractivity contribution in [3.8, 4) is 0 Å². The maximum absolute atomic E-state index is 12.5. The fourth-order valence-corrected chi connectivity index (χ4v) is 2.73. The van der Waals surface area contributed by atoms with E-state index < -0.39 is 0 Å². The van der Waals surface area contributed by atoms with Gasteiger partial charge in [0, 0.05) is 24.2 Å². The summed E-state index contributed by atoms with van der Waals surface area (Å²) in [5, 5.41) is 5.94. The van der Waals surface area contributed by atoms with Crippen LogP contribution in [-0.4, -0.2) is 36.2 Å². The highest BCUT2D eigenvalue weighted by atomic mass is 35.5. The van der Waals surface area contributed by atoms with Crippen molar-refractivity contribution < 1.29 is 14.4 Å². The molecule has 1 aliphatic rings. The van der Waals surface area contributed by atoms with E-state index in [0.29, 0.717) is 22.0 Å². The smallest absolute Gasteiger partial charge is 0.254 e. The van der Waals surface area contributed by atoms with Gasteiger partial charge in [-0.25, -0.2) is 0 Å². The van der Waals surface area contributed by atoms with Crippen LogP contribution in [0.5, 0.6) is 0 Å². The van der Waals surface area contributed by atoms with E-state index in [4.69, 9.17) is 11.6 Å². The van der Waals surface area contributed by atoms with Gasteiger partial charge in [-0.05, 0) is 49.2 Å². The molecule has 1 fully saturated rings. The van der Waals surface area contributed by atoms with Gasteiger partial charge in [0.2, 0.25) is 11.8 Å². The molecule has 0 bridgehead atoms. The fourth-order valence-electron chi connectivity index (χ4n) is 2.55. The van der Waals surface area contributed by atoms with Crippen LogP contribution >= 0.6 is 11.6 Å². The van der Waals surface area contributed by atoms with Crippen LogP contribution in [0.2, 0.25) is 5.02 Å². The highest BCUT2D eigenvalue weighted by Crippen LogP contribution is 2.30. The first-order chi connectivity index (χ1) is 12.9. The summed E-state index contributed by atoms with van der Waals surface area (Å²) in [5.41, 5.74) is 1.59. The lowest BCUT2D eigenvalue weighted by Gasteiger charge is -2.17. The first-order valence-corrected chi connectivity index (χ1v) is 9.02. The number of rotatable bonds is 6. The molecule has 0 unspecified atom stereocenters. The molecule has 1 saturated carbocycles. The zero-order chi connectivity index (χ0) is 19.4. The molecule has 27 heavy (non-hydrogen) atoms. The second-order valence-electron chi connectivity index (χ2n) is 6.53. The minimum atomic E-state index is -0.340. The van der Waals surface area contributed by atoms with Gasteiger partial charge in [0.25, 0.3) is 5.91 Å². The van der Waals surface area contributed by atoms with Crippen LogP contribution in [-0.2, 0) is 9.59 Å². The normalized spacial score (nSPS) is 13.0. The number of carbonyl (C=O) groups excluding carboxylic acids is 3. The fraction of sp³-hybridized carbons (Fsp3) is 0.250. The van der Waals surface area contributed by atoms with Gasteiger partial charge < -0.3 is 15.5 Å². The largest absolute Gasteiger partial charge is 0.332 e. The van der Waals surface area contributed by atoms with E-state index in [9.17, 15) is 14.4 Å². The zero-order valence-electron chi connectivity index (χ0n) is 14.9. The minimum Gasteiger partial charge on any atom is -0.332 e. The summed E-state index contributed by atoms with van der Waals surface area (Å²) in [4.78, 5) is 37.7. The molecule has 0 saturated heterocycles. The summed E-state index contributed by atoms with van der Waals surface area (Å²) in [7, 11) is 1.55. The Bertz CT molecular complexity index is 863. The van der Waals surface area contributed by atoms with Crippen molar-refractivity contribution in [2.24, 2.45) is 5.92 Å². The van der Waals surface area contributed by atoms with Crippen LogP contribution < -0.4 is 10.6 Å². The Kier molecular flexibility index (Phi) is 5.76. The first kappa shape index (κ1) is 18.9. The Morgan fingerprint density at radius 1 is 1.04 bits per heavy atom. The third kappa shape index (κ3) is 5.08. The molecule has 0 aromatic heterocycles. The number of nitrogens with one attached hydrogen (secondary N) is 2. The standard InChI is InChI=1S/C20H20ClN3O3/c1-24(12-18(25)23-17-5-3-2-4-16(17)21)20(27)14-8-10-15(11-9-14)22-19(26)13-6-7-13/h2-5,8-11,13H,6-7,12H2,1H3,(H,22,26)(H,23,25). The molecule has 3 rings (SSSR count). The van der Waals surface area contributed by atoms with Crippen molar-refractivity contribution in [1.82, 2.24) is 4.90 Å². The summed E-state index contributed by atoms with van der Waals surface area (Å²) >= 11 is 6.01.